The molecule has 0 spiro atoms. The number of hydrogen-bond donors (Lipinski definition) is 2. The Morgan fingerprint density at radius 1 is 0.909 bits per heavy atom. The molecule has 0 radical (unpaired) electrons. The molecule has 1 fully saturated rings. The second kappa shape index (κ2) is 8.43. The minimum Gasteiger partial charge on any atom is -0.454 e. The molecule has 6 rings (SSSR count). The van der Waals surface area contributed by atoms with E-state index in [1.54, 1.807) is 0 Å². The highest BCUT2D eigenvalue weighted by Gasteiger charge is 2.21. The van der Waals surface area contributed by atoms with E-state index in [9.17, 15) is 4.79 Å². The average molecular weight is 442 g/mol. The van der Waals surface area contributed by atoms with E-state index in [0.717, 1.165) is 51.7 Å². The maximum Gasteiger partial charge on any atom is 0.270 e. The van der Waals surface area contributed by atoms with Gasteiger partial charge in [0.15, 0.2) is 11.5 Å². The van der Waals surface area contributed by atoms with E-state index in [-0.39, 0.29) is 18.7 Å². The number of hydrogen-bond acceptors (Lipinski definition) is 4. The monoisotopic (exact) mass is 441 g/mol. The van der Waals surface area contributed by atoms with Crippen LogP contribution in [0.1, 0.15) is 55.4 Å². The summed E-state index contributed by atoms with van der Waals surface area (Å²) in [6.45, 7) is 0.220. The Morgan fingerprint density at radius 2 is 1.70 bits per heavy atom. The van der Waals surface area contributed by atoms with Gasteiger partial charge in [0.25, 0.3) is 5.91 Å². The average Bonchev–Trinajstić information content (AvgIpc) is 3.44. The lowest BCUT2D eigenvalue weighted by Gasteiger charge is -2.21. The predicted molar refractivity (Wildman–Crippen MR) is 129 cm³/mol. The number of pyridine rings is 1. The van der Waals surface area contributed by atoms with Gasteiger partial charge >= 0.3 is 0 Å². The van der Waals surface area contributed by atoms with Crippen LogP contribution in [-0.2, 0) is 0 Å². The molecule has 6 nitrogen and oxygen atoms in total. The van der Waals surface area contributed by atoms with Crippen LogP contribution in [0.5, 0.6) is 11.5 Å². The number of carbonyl (C=O) groups is 1. The van der Waals surface area contributed by atoms with Crippen LogP contribution in [0.3, 0.4) is 0 Å². The maximum atomic E-state index is 13.4. The number of aromatic nitrogens is 2. The van der Waals surface area contributed by atoms with Crippen LogP contribution in [0.15, 0.2) is 48.5 Å². The van der Waals surface area contributed by atoms with Gasteiger partial charge in [-0.25, -0.2) is 4.98 Å². The highest BCUT2D eigenvalue weighted by Crippen LogP contribution is 2.38. The summed E-state index contributed by atoms with van der Waals surface area (Å²) >= 11 is 0. The fourth-order valence-corrected chi connectivity index (χ4v) is 5.07. The molecule has 6 heteroatoms. The van der Waals surface area contributed by atoms with Crippen molar-refractivity contribution in [2.75, 3.05) is 6.79 Å². The SMILES string of the molecule is O=C(NC1CCCCCCC1)c1cc2c([nH]c3ccccc32)c(-c2ccc3c(c2)OCO3)n1. The zero-order chi connectivity index (χ0) is 22.2. The normalized spacial score (nSPS) is 16.6. The van der Waals surface area contributed by atoms with Gasteiger partial charge in [-0.05, 0) is 43.2 Å². The number of ether oxygens (including phenoxy) is 2. The van der Waals surface area contributed by atoms with Gasteiger partial charge in [-0.1, -0.05) is 50.3 Å². The van der Waals surface area contributed by atoms with Crippen molar-refractivity contribution in [3.05, 3.63) is 54.2 Å². The van der Waals surface area contributed by atoms with Crippen LogP contribution in [0.25, 0.3) is 33.1 Å². The first-order valence-electron chi connectivity index (χ1n) is 11.9. The number of para-hydroxylation sites is 1. The number of nitrogens with one attached hydrogen (secondary N) is 2. The molecule has 0 unspecified atom stereocenters. The largest absolute Gasteiger partial charge is 0.454 e. The van der Waals surface area contributed by atoms with Crippen molar-refractivity contribution < 1.29 is 14.3 Å². The summed E-state index contributed by atoms with van der Waals surface area (Å²) in [6, 6.07) is 16.1. The second-order valence-corrected chi connectivity index (χ2v) is 9.03. The van der Waals surface area contributed by atoms with Gasteiger partial charge in [-0.15, -0.1) is 0 Å². The number of benzene rings is 2. The van der Waals surface area contributed by atoms with Crippen LogP contribution in [0, 0.1) is 0 Å². The van der Waals surface area contributed by atoms with E-state index in [2.05, 4.69) is 16.4 Å². The lowest BCUT2D eigenvalue weighted by molar-refractivity contribution is 0.0925. The molecule has 1 aliphatic heterocycles. The van der Waals surface area contributed by atoms with E-state index < -0.39 is 0 Å². The zero-order valence-electron chi connectivity index (χ0n) is 18.5. The number of amides is 1. The molecule has 0 bridgehead atoms. The Morgan fingerprint density at radius 3 is 2.58 bits per heavy atom. The third kappa shape index (κ3) is 3.80. The molecular formula is C27H27N3O3. The summed E-state index contributed by atoms with van der Waals surface area (Å²) in [5.41, 5.74) is 4.01. The molecule has 0 saturated heterocycles. The number of carbonyl (C=O) groups excluding carboxylic acids is 1. The van der Waals surface area contributed by atoms with Gasteiger partial charge in [-0.2, -0.15) is 0 Å². The molecule has 0 atom stereocenters. The van der Waals surface area contributed by atoms with Crippen LogP contribution in [-0.4, -0.2) is 28.7 Å². The highest BCUT2D eigenvalue weighted by molar-refractivity contribution is 6.13. The van der Waals surface area contributed by atoms with Crippen molar-refractivity contribution in [2.24, 2.45) is 0 Å². The molecule has 3 heterocycles. The van der Waals surface area contributed by atoms with E-state index in [1.807, 2.05) is 42.5 Å². The van der Waals surface area contributed by atoms with Crippen molar-refractivity contribution >= 4 is 27.7 Å². The molecule has 2 aliphatic rings. The lowest BCUT2D eigenvalue weighted by atomic mass is 9.96. The van der Waals surface area contributed by atoms with Gasteiger partial charge in [0.05, 0.1) is 11.2 Å². The predicted octanol–water partition coefficient (Wildman–Crippen LogP) is 5.95. The first-order chi connectivity index (χ1) is 16.3. The maximum absolute atomic E-state index is 13.4. The van der Waals surface area contributed by atoms with Crippen LogP contribution >= 0.6 is 0 Å². The first kappa shape index (κ1) is 20.1. The summed E-state index contributed by atoms with van der Waals surface area (Å²) in [5, 5.41) is 5.35. The Kier molecular flexibility index (Phi) is 5.13. The zero-order valence-corrected chi connectivity index (χ0v) is 18.5. The number of aromatic amines is 1. The molecule has 1 amide bonds. The molecule has 168 valence electrons. The van der Waals surface area contributed by atoms with Crippen LogP contribution < -0.4 is 14.8 Å². The number of rotatable bonds is 3. The molecule has 1 aliphatic carbocycles. The fourth-order valence-electron chi connectivity index (χ4n) is 5.07. The second-order valence-electron chi connectivity index (χ2n) is 9.03. The fraction of sp³-hybridized carbons (Fsp3) is 0.333. The minimum atomic E-state index is -0.102. The summed E-state index contributed by atoms with van der Waals surface area (Å²) < 4.78 is 11.1. The Bertz CT molecular complexity index is 1340. The standard InChI is InChI=1S/C27H27N3O3/c31-27(28-18-8-4-2-1-3-5-9-18)22-15-20-19-10-6-7-11-21(19)29-26(20)25(30-22)17-12-13-23-24(14-17)33-16-32-23/h6-7,10-15,18,29H,1-5,8-9,16H2,(H,28,31). The molecule has 2 aromatic heterocycles. The van der Waals surface area contributed by atoms with Crippen molar-refractivity contribution in [1.82, 2.24) is 15.3 Å². The van der Waals surface area contributed by atoms with Gasteiger partial charge in [0.2, 0.25) is 6.79 Å². The Hall–Kier alpha value is -3.54. The highest BCUT2D eigenvalue weighted by atomic mass is 16.7. The molecular weight excluding hydrogens is 414 g/mol. The van der Waals surface area contributed by atoms with E-state index in [4.69, 9.17) is 14.5 Å². The number of fused-ring (bicyclic) bond motifs is 4. The van der Waals surface area contributed by atoms with E-state index in [1.165, 1.54) is 32.1 Å². The number of nitrogens with zero attached hydrogens (tertiary/aromatic N) is 1. The van der Waals surface area contributed by atoms with Crippen molar-refractivity contribution in [2.45, 2.75) is 51.0 Å². The topological polar surface area (TPSA) is 76.2 Å². The number of H-pyrrole nitrogens is 1. The van der Waals surface area contributed by atoms with Gasteiger partial charge < -0.3 is 19.8 Å². The van der Waals surface area contributed by atoms with Gasteiger partial charge in [-0.3, -0.25) is 4.79 Å². The van der Waals surface area contributed by atoms with E-state index in [0.29, 0.717) is 11.4 Å². The van der Waals surface area contributed by atoms with Crippen molar-refractivity contribution in [3.8, 4) is 22.8 Å². The Labute approximate surface area is 192 Å². The Balaban J connectivity index is 1.44. The molecule has 33 heavy (non-hydrogen) atoms. The smallest absolute Gasteiger partial charge is 0.270 e. The van der Waals surface area contributed by atoms with Gasteiger partial charge in [0.1, 0.15) is 5.69 Å². The quantitative estimate of drug-likeness (QED) is 0.412. The molecule has 2 N–H and O–H groups in total. The molecule has 1 saturated carbocycles. The van der Waals surface area contributed by atoms with Crippen LogP contribution in [0.4, 0.5) is 0 Å². The van der Waals surface area contributed by atoms with Gasteiger partial charge in [0, 0.05) is 27.9 Å². The minimum absolute atomic E-state index is 0.102. The molecule has 4 aromatic rings. The summed E-state index contributed by atoms with van der Waals surface area (Å²) in [5.74, 6) is 1.32. The van der Waals surface area contributed by atoms with E-state index >= 15 is 0 Å². The van der Waals surface area contributed by atoms with Crippen molar-refractivity contribution in [3.63, 3.8) is 0 Å². The first-order valence-corrected chi connectivity index (χ1v) is 11.9. The lowest BCUT2D eigenvalue weighted by Crippen LogP contribution is -2.35. The third-order valence-electron chi connectivity index (χ3n) is 6.82. The summed E-state index contributed by atoms with van der Waals surface area (Å²) in [4.78, 5) is 21.7. The summed E-state index contributed by atoms with van der Waals surface area (Å²) in [7, 11) is 0. The van der Waals surface area contributed by atoms with Crippen molar-refractivity contribution in [1.29, 1.82) is 0 Å². The third-order valence-corrected chi connectivity index (χ3v) is 6.82. The van der Waals surface area contributed by atoms with Crippen LogP contribution in [0.2, 0.25) is 0 Å². The summed E-state index contributed by atoms with van der Waals surface area (Å²) in [6.07, 6.45) is 8.22. The molecule has 2 aromatic carbocycles.